The fraction of sp³-hybridized carbons (Fsp3) is 0.143. The van der Waals surface area contributed by atoms with E-state index >= 15 is 0 Å². The van der Waals surface area contributed by atoms with Gasteiger partial charge in [0.05, 0.1) is 5.56 Å². The van der Waals surface area contributed by atoms with E-state index in [-0.39, 0.29) is 12.3 Å². The summed E-state index contributed by atoms with van der Waals surface area (Å²) in [6.45, 7) is -0.268. The van der Waals surface area contributed by atoms with E-state index in [0.717, 1.165) is 0 Å². The number of anilines is 1. The van der Waals surface area contributed by atoms with Crippen LogP contribution in [0.3, 0.4) is 0 Å². The van der Waals surface area contributed by atoms with Crippen molar-refractivity contribution in [3.05, 3.63) is 23.9 Å². The molecular weight excluding hydrogens is 160 g/mol. The molecule has 1 aromatic heterocycles. The highest BCUT2D eigenvalue weighted by molar-refractivity contribution is 5.88. The lowest BCUT2D eigenvalue weighted by atomic mass is 10.3. The second kappa shape index (κ2) is 3.68. The summed E-state index contributed by atoms with van der Waals surface area (Å²) >= 11 is 0. The Labute approximate surface area is 68.7 Å². The number of carboxylic acid groups (broad SMARTS) is 1. The number of hydrogen-bond acceptors (Lipinski definition) is 4. The van der Waals surface area contributed by atoms with Gasteiger partial charge in [0.25, 0.3) is 0 Å². The predicted octanol–water partition coefficient (Wildman–Crippen LogP) is 0.141. The van der Waals surface area contributed by atoms with E-state index in [9.17, 15) is 4.79 Å². The van der Waals surface area contributed by atoms with Crippen molar-refractivity contribution in [2.45, 2.75) is 0 Å². The van der Waals surface area contributed by atoms with Crippen molar-refractivity contribution in [3.63, 3.8) is 0 Å². The lowest BCUT2D eigenvalue weighted by Crippen LogP contribution is -2.04. The minimum Gasteiger partial charge on any atom is -0.478 e. The van der Waals surface area contributed by atoms with Gasteiger partial charge in [0.2, 0.25) is 0 Å². The molecule has 0 saturated carbocycles. The van der Waals surface area contributed by atoms with Crippen LogP contribution in [0.1, 0.15) is 10.4 Å². The average Bonchev–Trinajstić information content (AvgIpc) is 2.05. The van der Waals surface area contributed by atoms with Crippen LogP contribution in [0, 0.1) is 0 Å². The van der Waals surface area contributed by atoms with Gasteiger partial charge in [-0.3, -0.25) is 0 Å². The van der Waals surface area contributed by atoms with E-state index in [1.54, 1.807) is 0 Å². The first-order chi connectivity index (χ1) is 5.74. The fourth-order valence-electron chi connectivity index (χ4n) is 0.741. The van der Waals surface area contributed by atoms with E-state index in [2.05, 4.69) is 10.3 Å². The Morgan fingerprint density at radius 2 is 2.42 bits per heavy atom. The van der Waals surface area contributed by atoms with Gasteiger partial charge in [-0.05, 0) is 12.1 Å². The van der Waals surface area contributed by atoms with E-state index in [4.69, 9.17) is 10.2 Å². The van der Waals surface area contributed by atoms with Crippen LogP contribution in [-0.4, -0.2) is 27.9 Å². The third-order valence-electron chi connectivity index (χ3n) is 1.27. The van der Waals surface area contributed by atoms with Crippen molar-refractivity contribution in [2.24, 2.45) is 0 Å². The number of carbonyl (C=O) groups is 1. The fourth-order valence-corrected chi connectivity index (χ4v) is 0.741. The minimum atomic E-state index is -1.02. The van der Waals surface area contributed by atoms with Gasteiger partial charge in [-0.15, -0.1) is 0 Å². The second-order valence-electron chi connectivity index (χ2n) is 2.07. The highest BCUT2D eigenvalue weighted by atomic mass is 16.4. The number of carboxylic acids is 1. The largest absolute Gasteiger partial charge is 0.478 e. The van der Waals surface area contributed by atoms with E-state index in [0.29, 0.717) is 5.82 Å². The lowest BCUT2D eigenvalue weighted by molar-refractivity contribution is 0.0697. The van der Waals surface area contributed by atoms with E-state index in [1.807, 2.05) is 0 Å². The van der Waals surface area contributed by atoms with Crippen LogP contribution >= 0.6 is 0 Å². The van der Waals surface area contributed by atoms with Crippen LogP contribution < -0.4 is 5.32 Å². The van der Waals surface area contributed by atoms with Gasteiger partial charge < -0.3 is 15.5 Å². The first-order valence-electron chi connectivity index (χ1n) is 3.28. The molecule has 0 saturated heterocycles. The number of aliphatic hydroxyl groups is 1. The summed E-state index contributed by atoms with van der Waals surface area (Å²) in [5.74, 6) is -0.671. The summed E-state index contributed by atoms with van der Waals surface area (Å²) in [5, 5.41) is 19.5. The third-order valence-corrected chi connectivity index (χ3v) is 1.27. The van der Waals surface area contributed by atoms with Crippen LogP contribution in [0.5, 0.6) is 0 Å². The van der Waals surface area contributed by atoms with E-state index < -0.39 is 5.97 Å². The van der Waals surface area contributed by atoms with Crippen molar-refractivity contribution >= 4 is 11.8 Å². The zero-order chi connectivity index (χ0) is 8.97. The lowest BCUT2D eigenvalue weighted by Gasteiger charge is -2.00. The van der Waals surface area contributed by atoms with Gasteiger partial charge in [0.1, 0.15) is 12.5 Å². The van der Waals surface area contributed by atoms with Gasteiger partial charge in [-0.2, -0.15) is 0 Å². The Hall–Kier alpha value is -1.62. The normalized spacial score (nSPS) is 9.42. The number of hydrogen-bond donors (Lipinski definition) is 3. The molecule has 5 nitrogen and oxygen atoms in total. The van der Waals surface area contributed by atoms with Crippen molar-refractivity contribution in [1.29, 1.82) is 0 Å². The minimum absolute atomic E-state index is 0.140. The summed E-state index contributed by atoms with van der Waals surface area (Å²) in [6.07, 6.45) is 1.36. The smallest absolute Gasteiger partial charge is 0.335 e. The molecule has 1 aromatic rings. The van der Waals surface area contributed by atoms with E-state index in [1.165, 1.54) is 18.3 Å². The van der Waals surface area contributed by atoms with Gasteiger partial charge in [0, 0.05) is 6.20 Å². The molecule has 0 aliphatic heterocycles. The molecule has 0 spiro atoms. The first-order valence-corrected chi connectivity index (χ1v) is 3.28. The maximum atomic E-state index is 10.4. The molecule has 64 valence electrons. The van der Waals surface area contributed by atoms with Crippen LogP contribution in [0.25, 0.3) is 0 Å². The Bertz CT molecular complexity index is 288. The molecule has 1 heterocycles. The van der Waals surface area contributed by atoms with Crippen molar-refractivity contribution in [1.82, 2.24) is 4.98 Å². The number of nitrogens with one attached hydrogen (secondary N) is 1. The summed E-state index contributed by atoms with van der Waals surface area (Å²) in [4.78, 5) is 14.2. The molecular formula is C7H8N2O3. The molecule has 0 amide bonds. The summed E-state index contributed by atoms with van der Waals surface area (Å²) in [5.41, 5.74) is 0.140. The van der Waals surface area contributed by atoms with Crippen molar-refractivity contribution in [3.8, 4) is 0 Å². The van der Waals surface area contributed by atoms with Crippen LogP contribution in [-0.2, 0) is 0 Å². The zero-order valence-corrected chi connectivity index (χ0v) is 6.19. The summed E-state index contributed by atoms with van der Waals surface area (Å²) < 4.78 is 0. The van der Waals surface area contributed by atoms with Crippen LogP contribution in [0.4, 0.5) is 5.82 Å². The molecule has 3 N–H and O–H groups in total. The third kappa shape index (κ3) is 1.93. The average molecular weight is 168 g/mol. The molecule has 0 fully saturated rings. The maximum absolute atomic E-state index is 10.4. The Morgan fingerprint density at radius 1 is 1.67 bits per heavy atom. The number of aromatic nitrogens is 1. The standard InChI is InChI=1S/C7H8N2O3/c10-4-9-6-3-5(7(11)12)1-2-8-6/h1-3,10H,4H2,(H,8,9)(H,11,12). The Morgan fingerprint density at radius 3 is 3.00 bits per heavy atom. The van der Waals surface area contributed by atoms with Gasteiger partial charge in [-0.25, -0.2) is 9.78 Å². The van der Waals surface area contributed by atoms with Gasteiger partial charge >= 0.3 is 5.97 Å². The van der Waals surface area contributed by atoms with Crippen LogP contribution in [0.15, 0.2) is 18.3 Å². The highest BCUT2D eigenvalue weighted by Crippen LogP contribution is 2.05. The molecule has 0 atom stereocenters. The number of nitrogens with zero attached hydrogens (tertiary/aromatic N) is 1. The Kier molecular flexibility index (Phi) is 2.60. The van der Waals surface area contributed by atoms with Gasteiger partial charge in [-0.1, -0.05) is 0 Å². The molecule has 5 heteroatoms. The molecule has 0 radical (unpaired) electrons. The predicted molar refractivity (Wildman–Crippen MR) is 41.9 cm³/mol. The summed E-state index contributed by atoms with van der Waals surface area (Å²) in [6, 6.07) is 2.73. The molecule has 12 heavy (non-hydrogen) atoms. The van der Waals surface area contributed by atoms with Crippen molar-refractivity contribution < 1.29 is 15.0 Å². The van der Waals surface area contributed by atoms with Crippen LogP contribution in [0.2, 0.25) is 0 Å². The number of aromatic carboxylic acids is 1. The zero-order valence-electron chi connectivity index (χ0n) is 6.19. The number of pyridine rings is 1. The maximum Gasteiger partial charge on any atom is 0.335 e. The quantitative estimate of drug-likeness (QED) is 0.559. The highest BCUT2D eigenvalue weighted by Gasteiger charge is 2.02. The molecule has 0 bridgehead atoms. The molecule has 1 rings (SSSR count). The molecule has 0 aromatic carbocycles. The van der Waals surface area contributed by atoms with Crippen molar-refractivity contribution in [2.75, 3.05) is 12.0 Å². The number of rotatable bonds is 3. The SMILES string of the molecule is O=C(O)c1ccnc(NCO)c1. The molecule has 0 unspecified atom stereocenters. The molecule has 0 aliphatic carbocycles. The topological polar surface area (TPSA) is 82.5 Å². The monoisotopic (exact) mass is 168 g/mol. The Balaban J connectivity index is 2.88. The first kappa shape index (κ1) is 8.48. The molecule has 0 aliphatic rings. The second-order valence-corrected chi connectivity index (χ2v) is 2.07. The van der Waals surface area contributed by atoms with Gasteiger partial charge in [0.15, 0.2) is 0 Å². The summed E-state index contributed by atoms with van der Waals surface area (Å²) in [7, 11) is 0. The number of aliphatic hydroxyl groups excluding tert-OH is 1.